The maximum atomic E-state index is 11.5. The lowest BCUT2D eigenvalue weighted by Crippen LogP contribution is -2.38. The van der Waals surface area contributed by atoms with Gasteiger partial charge in [-0.05, 0) is 24.5 Å². The summed E-state index contributed by atoms with van der Waals surface area (Å²) in [4.78, 5) is 1.96. The molecule has 1 atom stereocenters. The first-order valence-corrected chi connectivity index (χ1v) is 8.06. The first kappa shape index (κ1) is 14.5. The summed E-state index contributed by atoms with van der Waals surface area (Å²) in [5, 5.41) is 18.6. The Morgan fingerprint density at radius 2 is 2.05 bits per heavy atom. The third-order valence-corrected chi connectivity index (χ3v) is 5.34. The van der Waals surface area contributed by atoms with E-state index in [0.29, 0.717) is 18.4 Å². The van der Waals surface area contributed by atoms with Crippen LogP contribution in [0.2, 0.25) is 0 Å². The van der Waals surface area contributed by atoms with Crippen molar-refractivity contribution in [3.05, 3.63) is 29.8 Å². The van der Waals surface area contributed by atoms with Crippen molar-refractivity contribution < 1.29 is 18.5 Å². The summed E-state index contributed by atoms with van der Waals surface area (Å²) in [7, 11) is -2.54. The summed E-state index contributed by atoms with van der Waals surface area (Å²) >= 11 is 0. The topological polar surface area (TPSA) is 77.8 Å². The van der Waals surface area contributed by atoms with Crippen LogP contribution in [0.1, 0.15) is 12.0 Å². The Morgan fingerprint density at radius 1 is 1.37 bits per heavy atom. The van der Waals surface area contributed by atoms with Gasteiger partial charge in [0.05, 0.1) is 11.5 Å². The Morgan fingerprint density at radius 3 is 2.63 bits per heavy atom. The largest absolute Gasteiger partial charge is 0.488 e. The minimum atomic E-state index is -2.90. The molecule has 19 heavy (non-hydrogen) atoms. The molecule has 0 spiro atoms. The SMILES string of the molecule is CN(Cc1ccccc1B(O)O)C1CCS(=O)(=O)C1. The van der Waals surface area contributed by atoms with Crippen LogP contribution in [0.25, 0.3) is 0 Å². The molecule has 5 nitrogen and oxygen atoms in total. The quantitative estimate of drug-likeness (QED) is 0.692. The van der Waals surface area contributed by atoms with Gasteiger partial charge in [0, 0.05) is 12.6 Å². The second-order valence-corrected chi connectivity index (χ2v) is 7.27. The summed E-state index contributed by atoms with van der Waals surface area (Å²) < 4.78 is 22.9. The van der Waals surface area contributed by atoms with Gasteiger partial charge in [-0.25, -0.2) is 8.42 Å². The Bertz CT molecular complexity index is 546. The van der Waals surface area contributed by atoms with Gasteiger partial charge in [-0.1, -0.05) is 24.3 Å². The van der Waals surface area contributed by atoms with Crippen LogP contribution < -0.4 is 5.46 Å². The molecule has 0 bridgehead atoms. The molecule has 1 aliphatic heterocycles. The Balaban J connectivity index is 2.09. The molecule has 104 valence electrons. The molecule has 1 aliphatic rings. The molecule has 2 N–H and O–H groups in total. The van der Waals surface area contributed by atoms with Crippen molar-refractivity contribution in [1.29, 1.82) is 0 Å². The number of nitrogens with zero attached hydrogens (tertiary/aromatic N) is 1. The lowest BCUT2D eigenvalue weighted by molar-refractivity contribution is 0.254. The summed E-state index contributed by atoms with van der Waals surface area (Å²) in [5.74, 6) is 0.430. The zero-order valence-electron chi connectivity index (χ0n) is 10.9. The lowest BCUT2D eigenvalue weighted by atomic mass is 9.77. The Labute approximate surface area is 113 Å². The van der Waals surface area contributed by atoms with Crippen molar-refractivity contribution in [2.75, 3.05) is 18.6 Å². The molecule has 1 heterocycles. The number of hydrogen-bond acceptors (Lipinski definition) is 5. The second-order valence-electron chi connectivity index (χ2n) is 5.04. The standard InChI is InChI=1S/C12H18BNO4S/c1-14(11-6-7-19(17,18)9-11)8-10-4-2-3-5-12(10)13(15)16/h2-5,11,15-16H,6-9H2,1H3. The molecule has 1 unspecified atom stereocenters. The van der Waals surface area contributed by atoms with E-state index >= 15 is 0 Å². The highest BCUT2D eigenvalue weighted by Gasteiger charge is 2.31. The zero-order chi connectivity index (χ0) is 14.0. The summed E-state index contributed by atoms with van der Waals surface area (Å²) in [6, 6.07) is 7.08. The van der Waals surface area contributed by atoms with Crippen LogP contribution in [0, 0.1) is 0 Å². The fourth-order valence-electron chi connectivity index (χ4n) is 2.45. The van der Waals surface area contributed by atoms with E-state index in [4.69, 9.17) is 0 Å². The van der Waals surface area contributed by atoms with Crippen molar-refractivity contribution in [3.63, 3.8) is 0 Å². The molecule has 1 aromatic carbocycles. The predicted octanol–water partition coefficient (Wildman–Crippen LogP) is -1.01. The molecule has 0 aromatic heterocycles. The smallest absolute Gasteiger partial charge is 0.423 e. The number of rotatable bonds is 4. The normalized spacial score (nSPS) is 21.8. The number of hydrogen-bond donors (Lipinski definition) is 2. The summed E-state index contributed by atoms with van der Waals surface area (Å²) in [6.45, 7) is 0.508. The molecule has 1 aromatic rings. The van der Waals surface area contributed by atoms with Crippen LogP contribution in [0.5, 0.6) is 0 Å². The highest BCUT2D eigenvalue weighted by Crippen LogP contribution is 2.18. The average Bonchev–Trinajstić information content (AvgIpc) is 2.70. The molecule has 1 saturated heterocycles. The lowest BCUT2D eigenvalue weighted by Gasteiger charge is -2.24. The first-order valence-electron chi connectivity index (χ1n) is 6.23. The van der Waals surface area contributed by atoms with Crippen LogP contribution >= 0.6 is 0 Å². The summed E-state index contributed by atoms with van der Waals surface area (Å²) in [5.41, 5.74) is 1.28. The second kappa shape index (κ2) is 5.62. The highest BCUT2D eigenvalue weighted by atomic mass is 32.2. The fraction of sp³-hybridized carbons (Fsp3) is 0.500. The number of benzene rings is 1. The first-order chi connectivity index (χ1) is 8.89. The molecular weight excluding hydrogens is 265 g/mol. The van der Waals surface area contributed by atoms with E-state index in [-0.39, 0.29) is 17.5 Å². The maximum absolute atomic E-state index is 11.5. The predicted molar refractivity (Wildman–Crippen MR) is 74.8 cm³/mol. The third-order valence-electron chi connectivity index (χ3n) is 3.58. The van der Waals surface area contributed by atoms with Crippen LogP contribution in [0.4, 0.5) is 0 Å². The van der Waals surface area contributed by atoms with Gasteiger partial charge in [-0.3, -0.25) is 4.90 Å². The minimum absolute atomic E-state index is 0.00823. The van der Waals surface area contributed by atoms with Gasteiger partial charge >= 0.3 is 7.12 Å². The molecule has 0 radical (unpaired) electrons. The monoisotopic (exact) mass is 283 g/mol. The van der Waals surface area contributed by atoms with Crippen LogP contribution in [-0.2, 0) is 16.4 Å². The van der Waals surface area contributed by atoms with Crippen LogP contribution in [0.3, 0.4) is 0 Å². The molecule has 2 rings (SSSR count). The van der Waals surface area contributed by atoms with Crippen LogP contribution in [0.15, 0.2) is 24.3 Å². The summed E-state index contributed by atoms with van der Waals surface area (Å²) in [6.07, 6.45) is 0.642. The van der Waals surface area contributed by atoms with Gasteiger partial charge in [0.25, 0.3) is 0 Å². The molecular formula is C12H18BNO4S. The van der Waals surface area contributed by atoms with Gasteiger partial charge in [-0.15, -0.1) is 0 Å². The zero-order valence-corrected chi connectivity index (χ0v) is 11.7. The minimum Gasteiger partial charge on any atom is -0.423 e. The average molecular weight is 283 g/mol. The molecule has 0 amide bonds. The van der Waals surface area contributed by atoms with Gasteiger partial charge in [0.15, 0.2) is 9.84 Å². The van der Waals surface area contributed by atoms with E-state index in [9.17, 15) is 18.5 Å². The van der Waals surface area contributed by atoms with Gasteiger partial charge in [0.1, 0.15) is 0 Å². The van der Waals surface area contributed by atoms with Crippen molar-refractivity contribution >= 4 is 22.4 Å². The van der Waals surface area contributed by atoms with E-state index in [1.165, 1.54) is 0 Å². The van der Waals surface area contributed by atoms with Crippen molar-refractivity contribution in [3.8, 4) is 0 Å². The number of sulfone groups is 1. The van der Waals surface area contributed by atoms with E-state index in [1.54, 1.807) is 12.1 Å². The van der Waals surface area contributed by atoms with Gasteiger partial charge in [-0.2, -0.15) is 0 Å². The van der Waals surface area contributed by atoms with Crippen molar-refractivity contribution in [2.45, 2.75) is 19.0 Å². The van der Waals surface area contributed by atoms with Crippen molar-refractivity contribution in [1.82, 2.24) is 4.90 Å². The van der Waals surface area contributed by atoms with Crippen LogP contribution in [-0.4, -0.2) is 55.1 Å². The van der Waals surface area contributed by atoms with Gasteiger partial charge in [0.2, 0.25) is 0 Å². The Kier molecular flexibility index (Phi) is 4.30. The van der Waals surface area contributed by atoms with Gasteiger partial charge < -0.3 is 10.0 Å². The Hall–Kier alpha value is -0.885. The van der Waals surface area contributed by atoms with E-state index in [0.717, 1.165) is 5.56 Å². The van der Waals surface area contributed by atoms with E-state index < -0.39 is 17.0 Å². The third kappa shape index (κ3) is 3.57. The highest BCUT2D eigenvalue weighted by molar-refractivity contribution is 7.91. The van der Waals surface area contributed by atoms with E-state index in [2.05, 4.69) is 0 Å². The van der Waals surface area contributed by atoms with E-state index in [1.807, 2.05) is 24.1 Å². The maximum Gasteiger partial charge on any atom is 0.488 e. The fourth-order valence-corrected chi connectivity index (χ4v) is 4.26. The molecule has 7 heteroatoms. The molecule has 1 fully saturated rings. The molecule has 0 aliphatic carbocycles. The molecule has 0 saturated carbocycles. The van der Waals surface area contributed by atoms with Crippen molar-refractivity contribution in [2.24, 2.45) is 0 Å².